The number of pyridine rings is 1. The molecule has 0 amide bonds. The second-order valence-electron chi connectivity index (χ2n) is 4.75. The van der Waals surface area contributed by atoms with Gasteiger partial charge < -0.3 is 0 Å². The number of allylic oxidation sites excluding steroid dienone is 2. The first-order valence-corrected chi connectivity index (χ1v) is 5.41. The number of nitrogens with zero attached hydrogens (tertiary/aromatic N) is 1. The van der Waals surface area contributed by atoms with Crippen molar-refractivity contribution in [3.63, 3.8) is 0 Å². The van der Waals surface area contributed by atoms with Gasteiger partial charge in [0.2, 0.25) is 0 Å². The number of rotatable bonds is 3. The maximum absolute atomic E-state index is 4.45. The molecule has 1 nitrogen and oxygen atoms in total. The van der Waals surface area contributed by atoms with E-state index >= 15 is 0 Å². The minimum atomic E-state index is 0.117. The Morgan fingerprint density at radius 2 is 1.94 bits per heavy atom. The van der Waals surface area contributed by atoms with E-state index in [0.717, 1.165) is 11.3 Å². The van der Waals surface area contributed by atoms with E-state index in [9.17, 15) is 0 Å². The van der Waals surface area contributed by atoms with Crippen LogP contribution in [0.5, 0.6) is 0 Å². The molecular formula is C15H19N. The Hall–Kier alpha value is -1.63. The van der Waals surface area contributed by atoms with Gasteiger partial charge in [-0.15, -0.1) is 0 Å². The number of aromatic nitrogens is 1. The molecule has 1 aromatic heterocycles. The Morgan fingerprint density at radius 1 is 1.25 bits per heavy atom. The first-order valence-electron chi connectivity index (χ1n) is 5.41. The average Bonchev–Trinajstić information content (AvgIpc) is 2.24. The van der Waals surface area contributed by atoms with Gasteiger partial charge in [-0.3, -0.25) is 4.98 Å². The largest absolute Gasteiger partial charge is 0.256 e. The van der Waals surface area contributed by atoms with E-state index in [1.165, 1.54) is 5.56 Å². The number of hydrogen-bond donors (Lipinski definition) is 0. The Kier molecular flexibility index (Phi) is 3.83. The van der Waals surface area contributed by atoms with Gasteiger partial charge in [-0.25, -0.2) is 0 Å². The Balaban J connectivity index is 3.21. The molecule has 1 aromatic rings. The predicted molar refractivity (Wildman–Crippen MR) is 72.3 cm³/mol. The smallest absolute Gasteiger partial charge is 0.0701 e. The van der Waals surface area contributed by atoms with Crippen molar-refractivity contribution in [3.05, 3.63) is 54.4 Å². The fraction of sp³-hybridized carbons (Fsp3) is 0.267. The van der Waals surface area contributed by atoms with Gasteiger partial charge in [-0.2, -0.15) is 0 Å². The summed E-state index contributed by atoms with van der Waals surface area (Å²) in [4.78, 5) is 4.45. The van der Waals surface area contributed by atoms with Crippen molar-refractivity contribution < 1.29 is 0 Å². The zero-order valence-corrected chi connectivity index (χ0v) is 10.3. The molecule has 1 rings (SSSR count). The van der Waals surface area contributed by atoms with Crippen molar-refractivity contribution in [2.24, 2.45) is 0 Å². The second-order valence-corrected chi connectivity index (χ2v) is 4.75. The van der Waals surface area contributed by atoms with E-state index in [1.807, 2.05) is 24.4 Å². The van der Waals surface area contributed by atoms with Crippen LogP contribution in [0.2, 0.25) is 0 Å². The summed E-state index contributed by atoms with van der Waals surface area (Å²) in [5.41, 5.74) is 3.33. The van der Waals surface area contributed by atoms with Crippen LogP contribution in [0.25, 0.3) is 12.2 Å². The lowest BCUT2D eigenvalue weighted by Gasteiger charge is -2.19. The third-order valence-electron chi connectivity index (χ3n) is 2.43. The molecule has 0 radical (unpaired) electrons. The zero-order valence-electron chi connectivity index (χ0n) is 10.3. The van der Waals surface area contributed by atoms with Gasteiger partial charge in [-0.1, -0.05) is 52.2 Å². The predicted octanol–water partition coefficient (Wildman–Crippen LogP) is 4.22. The third kappa shape index (κ3) is 2.93. The summed E-state index contributed by atoms with van der Waals surface area (Å²) < 4.78 is 0. The molecule has 0 spiro atoms. The average molecular weight is 213 g/mol. The normalized spacial score (nSPS) is 11.7. The molecule has 16 heavy (non-hydrogen) atoms. The molecule has 0 atom stereocenters. The zero-order chi connectivity index (χ0) is 12.2. The lowest BCUT2D eigenvalue weighted by Crippen LogP contribution is -2.12. The van der Waals surface area contributed by atoms with Crippen molar-refractivity contribution in [1.82, 2.24) is 4.98 Å². The Morgan fingerprint density at radius 3 is 2.44 bits per heavy atom. The summed E-state index contributed by atoms with van der Waals surface area (Å²) in [7, 11) is 0. The lowest BCUT2D eigenvalue weighted by atomic mass is 9.87. The van der Waals surface area contributed by atoms with Gasteiger partial charge in [0.25, 0.3) is 0 Å². The van der Waals surface area contributed by atoms with Gasteiger partial charge in [0.15, 0.2) is 0 Å². The molecule has 0 fully saturated rings. The van der Waals surface area contributed by atoms with E-state index in [4.69, 9.17) is 0 Å². The summed E-state index contributed by atoms with van der Waals surface area (Å²) in [6.45, 7) is 14.0. The minimum absolute atomic E-state index is 0.117. The van der Waals surface area contributed by atoms with Gasteiger partial charge in [0.1, 0.15) is 0 Å². The van der Waals surface area contributed by atoms with Gasteiger partial charge in [0, 0.05) is 6.20 Å². The molecule has 0 aliphatic heterocycles. The van der Waals surface area contributed by atoms with Crippen LogP contribution in [0, 0.1) is 0 Å². The quantitative estimate of drug-likeness (QED) is 0.685. The van der Waals surface area contributed by atoms with Crippen LogP contribution in [-0.2, 0) is 5.41 Å². The van der Waals surface area contributed by atoms with Crippen LogP contribution in [0.3, 0.4) is 0 Å². The lowest BCUT2D eigenvalue weighted by molar-refractivity contribution is 0.587. The highest BCUT2D eigenvalue weighted by atomic mass is 14.7. The molecular weight excluding hydrogens is 194 g/mol. The van der Waals surface area contributed by atoms with E-state index in [0.29, 0.717) is 0 Å². The summed E-state index contributed by atoms with van der Waals surface area (Å²) in [5, 5.41) is 0. The van der Waals surface area contributed by atoms with Crippen molar-refractivity contribution in [2.45, 2.75) is 26.2 Å². The summed E-state index contributed by atoms with van der Waals surface area (Å²) in [5.74, 6) is 0. The Labute approximate surface area is 98.2 Å². The monoisotopic (exact) mass is 213 g/mol. The maximum Gasteiger partial charge on any atom is 0.0701 e. The van der Waals surface area contributed by atoms with Gasteiger partial charge in [0.05, 0.1) is 5.69 Å². The number of hydrogen-bond acceptors (Lipinski definition) is 1. The van der Waals surface area contributed by atoms with E-state index in [2.05, 4.69) is 45.0 Å². The summed E-state index contributed by atoms with van der Waals surface area (Å²) in [6, 6.07) is 2.14. The van der Waals surface area contributed by atoms with E-state index < -0.39 is 0 Å². The third-order valence-corrected chi connectivity index (χ3v) is 2.43. The van der Waals surface area contributed by atoms with Crippen LogP contribution in [0.4, 0.5) is 0 Å². The van der Waals surface area contributed by atoms with Crippen molar-refractivity contribution in [3.8, 4) is 0 Å². The first kappa shape index (κ1) is 12.4. The SMILES string of the molecule is C=C/C=C\c1ncc(C(C)(C)C)cc1C=C. The maximum atomic E-state index is 4.45. The Bertz CT molecular complexity index is 420. The molecule has 0 aliphatic rings. The first-order chi connectivity index (χ1) is 7.49. The molecule has 0 saturated heterocycles. The van der Waals surface area contributed by atoms with E-state index in [1.54, 1.807) is 6.08 Å². The van der Waals surface area contributed by atoms with Crippen molar-refractivity contribution >= 4 is 12.2 Å². The summed E-state index contributed by atoms with van der Waals surface area (Å²) in [6.07, 6.45) is 9.33. The van der Waals surface area contributed by atoms with Crippen LogP contribution in [0.15, 0.2) is 37.6 Å². The molecule has 1 heterocycles. The molecule has 0 N–H and O–H groups in total. The van der Waals surface area contributed by atoms with Crippen molar-refractivity contribution in [1.29, 1.82) is 0 Å². The van der Waals surface area contributed by atoms with Crippen LogP contribution in [0.1, 0.15) is 37.6 Å². The molecule has 0 saturated carbocycles. The van der Waals surface area contributed by atoms with Gasteiger partial charge in [-0.05, 0) is 28.7 Å². The highest BCUT2D eigenvalue weighted by molar-refractivity contribution is 5.62. The van der Waals surface area contributed by atoms with Crippen LogP contribution < -0.4 is 0 Å². The molecule has 0 unspecified atom stereocenters. The molecule has 0 aliphatic carbocycles. The topological polar surface area (TPSA) is 12.9 Å². The highest BCUT2D eigenvalue weighted by Crippen LogP contribution is 2.24. The fourth-order valence-electron chi connectivity index (χ4n) is 1.36. The summed E-state index contributed by atoms with van der Waals surface area (Å²) >= 11 is 0. The minimum Gasteiger partial charge on any atom is -0.256 e. The standard InChI is InChI=1S/C15H19N/c1-6-8-9-14-12(7-2)10-13(11-16-14)15(3,4)5/h6-11H,1-2H2,3-5H3/b9-8-. The van der Waals surface area contributed by atoms with Crippen LogP contribution >= 0.6 is 0 Å². The highest BCUT2D eigenvalue weighted by Gasteiger charge is 2.14. The van der Waals surface area contributed by atoms with E-state index in [-0.39, 0.29) is 5.41 Å². The van der Waals surface area contributed by atoms with Crippen LogP contribution in [-0.4, -0.2) is 4.98 Å². The second kappa shape index (κ2) is 4.93. The molecule has 0 aromatic carbocycles. The van der Waals surface area contributed by atoms with Crippen molar-refractivity contribution in [2.75, 3.05) is 0 Å². The fourth-order valence-corrected chi connectivity index (χ4v) is 1.36. The molecule has 1 heteroatoms. The molecule has 84 valence electrons. The molecule has 0 bridgehead atoms. The van der Waals surface area contributed by atoms with Gasteiger partial charge >= 0.3 is 0 Å².